The lowest BCUT2D eigenvalue weighted by Gasteiger charge is -2.13. The molecule has 134 valence electrons. The predicted molar refractivity (Wildman–Crippen MR) is 109 cm³/mol. The molecule has 0 radical (unpaired) electrons. The van der Waals surface area contributed by atoms with Gasteiger partial charge in [0.05, 0.1) is 23.4 Å². The second-order valence-corrected chi connectivity index (χ2v) is 6.47. The van der Waals surface area contributed by atoms with Gasteiger partial charge in [-0.15, -0.1) is 0 Å². The number of para-hydroxylation sites is 1. The summed E-state index contributed by atoms with van der Waals surface area (Å²) in [6.45, 7) is 5.01. The first-order valence-corrected chi connectivity index (χ1v) is 9.27. The summed E-state index contributed by atoms with van der Waals surface area (Å²) in [5.41, 5.74) is 2.32. The molecule has 0 amide bonds. The minimum absolute atomic E-state index is 0.181. The smallest absolute Gasteiger partial charge is 0.175 e. The molecule has 0 aliphatic rings. The first-order chi connectivity index (χ1) is 12.6. The van der Waals surface area contributed by atoms with Gasteiger partial charge in [-0.25, -0.2) is 4.98 Å². The van der Waals surface area contributed by atoms with E-state index in [2.05, 4.69) is 20.9 Å². The fourth-order valence-electron chi connectivity index (χ4n) is 2.65. The van der Waals surface area contributed by atoms with Crippen molar-refractivity contribution in [3.63, 3.8) is 0 Å². The Hall–Kier alpha value is -2.53. The van der Waals surface area contributed by atoms with E-state index < -0.39 is 0 Å². The number of hydrogen-bond donors (Lipinski definition) is 1. The molecule has 0 saturated carbocycles. The summed E-state index contributed by atoms with van der Waals surface area (Å²) in [5, 5.41) is 10.9. The summed E-state index contributed by atoms with van der Waals surface area (Å²) in [7, 11) is 0. The van der Waals surface area contributed by atoms with Crippen LogP contribution in [-0.2, 0) is 0 Å². The van der Waals surface area contributed by atoms with E-state index in [1.165, 1.54) is 0 Å². The van der Waals surface area contributed by atoms with E-state index in [4.69, 9.17) is 9.47 Å². The quantitative estimate of drug-likeness (QED) is 0.565. The predicted octanol–water partition coefficient (Wildman–Crippen LogP) is 5.67. The molecule has 0 spiro atoms. The highest BCUT2D eigenvalue weighted by atomic mass is 79.9. The zero-order valence-corrected chi connectivity index (χ0v) is 16.3. The number of pyridine rings is 1. The summed E-state index contributed by atoms with van der Waals surface area (Å²) in [6.07, 6.45) is 3.86. The number of rotatable bonds is 6. The van der Waals surface area contributed by atoms with E-state index in [0.717, 1.165) is 21.1 Å². The van der Waals surface area contributed by atoms with Crippen molar-refractivity contribution in [3.8, 4) is 17.2 Å². The van der Waals surface area contributed by atoms with Crippen molar-refractivity contribution < 1.29 is 14.6 Å². The standard InChI is InChI=1S/C21H20BrNO3/c1-3-25-19-13-14(12-17(22)21(19)26-4-2)8-10-16-11-9-15-6-5-7-18(24)20(15)23-16/h5-13,24H,3-4H2,1-2H3. The number of phenols is 1. The van der Waals surface area contributed by atoms with Gasteiger partial charge in [-0.3, -0.25) is 0 Å². The third kappa shape index (κ3) is 3.99. The van der Waals surface area contributed by atoms with Gasteiger partial charge in [0.15, 0.2) is 11.5 Å². The molecule has 2 aromatic carbocycles. The van der Waals surface area contributed by atoms with Crippen molar-refractivity contribution in [1.29, 1.82) is 0 Å². The van der Waals surface area contributed by atoms with Gasteiger partial charge in [0.2, 0.25) is 0 Å². The molecule has 4 nitrogen and oxygen atoms in total. The zero-order valence-electron chi connectivity index (χ0n) is 14.7. The van der Waals surface area contributed by atoms with Crippen molar-refractivity contribution >= 4 is 39.0 Å². The van der Waals surface area contributed by atoms with Gasteiger partial charge < -0.3 is 14.6 Å². The molecule has 0 aliphatic carbocycles. The number of phenolic OH excluding ortho intramolecular Hbond substituents is 1. The van der Waals surface area contributed by atoms with Gasteiger partial charge in [0.1, 0.15) is 11.3 Å². The third-order valence-electron chi connectivity index (χ3n) is 3.79. The molecule has 0 atom stereocenters. The van der Waals surface area contributed by atoms with Crippen LogP contribution in [0.15, 0.2) is 46.9 Å². The monoisotopic (exact) mass is 413 g/mol. The van der Waals surface area contributed by atoms with Crippen LogP contribution in [0.25, 0.3) is 23.1 Å². The highest BCUT2D eigenvalue weighted by Crippen LogP contribution is 2.37. The maximum Gasteiger partial charge on any atom is 0.175 e. The number of fused-ring (bicyclic) bond motifs is 1. The number of halogens is 1. The van der Waals surface area contributed by atoms with Crippen LogP contribution >= 0.6 is 15.9 Å². The number of ether oxygens (including phenoxy) is 2. The molecule has 1 aromatic heterocycles. The van der Waals surface area contributed by atoms with Gasteiger partial charge in [0.25, 0.3) is 0 Å². The second kappa shape index (κ2) is 8.23. The molecule has 1 N–H and O–H groups in total. The van der Waals surface area contributed by atoms with Crippen molar-refractivity contribution in [2.24, 2.45) is 0 Å². The Morgan fingerprint density at radius 2 is 1.85 bits per heavy atom. The van der Waals surface area contributed by atoms with Crippen molar-refractivity contribution in [2.75, 3.05) is 13.2 Å². The van der Waals surface area contributed by atoms with E-state index in [1.807, 2.05) is 62.4 Å². The van der Waals surface area contributed by atoms with E-state index in [0.29, 0.717) is 30.2 Å². The Balaban J connectivity index is 1.94. The van der Waals surface area contributed by atoms with Gasteiger partial charge in [-0.2, -0.15) is 0 Å². The van der Waals surface area contributed by atoms with Gasteiger partial charge in [0, 0.05) is 5.39 Å². The molecule has 1 heterocycles. The number of aromatic hydroxyl groups is 1. The van der Waals surface area contributed by atoms with Crippen LogP contribution < -0.4 is 9.47 Å². The molecule has 5 heteroatoms. The Morgan fingerprint density at radius 3 is 2.62 bits per heavy atom. The maximum atomic E-state index is 9.97. The number of aromatic nitrogens is 1. The summed E-state index contributed by atoms with van der Waals surface area (Å²) in [6, 6.07) is 13.2. The number of hydrogen-bond acceptors (Lipinski definition) is 4. The fourth-order valence-corrected chi connectivity index (χ4v) is 3.23. The van der Waals surface area contributed by atoms with Crippen molar-refractivity contribution in [1.82, 2.24) is 4.98 Å². The normalized spacial score (nSPS) is 11.2. The summed E-state index contributed by atoms with van der Waals surface area (Å²) in [4.78, 5) is 4.51. The van der Waals surface area contributed by atoms with Crippen LogP contribution in [0.2, 0.25) is 0 Å². The van der Waals surface area contributed by atoms with Crippen LogP contribution in [0, 0.1) is 0 Å². The maximum absolute atomic E-state index is 9.97. The average Bonchev–Trinajstić information content (AvgIpc) is 2.63. The molecule has 0 bridgehead atoms. The minimum Gasteiger partial charge on any atom is -0.506 e. The molecular formula is C21H20BrNO3. The SMILES string of the molecule is CCOc1cc(C=Cc2ccc3cccc(O)c3n2)cc(Br)c1OCC. The Kier molecular flexibility index (Phi) is 5.78. The highest BCUT2D eigenvalue weighted by Gasteiger charge is 2.11. The van der Waals surface area contributed by atoms with Gasteiger partial charge in [-0.05, 0) is 65.7 Å². The van der Waals surface area contributed by atoms with Gasteiger partial charge >= 0.3 is 0 Å². The molecule has 0 fully saturated rings. The highest BCUT2D eigenvalue weighted by molar-refractivity contribution is 9.10. The van der Waals surface area contributed by atoms with Crippen LogP contribution in [-0.4, -0.2) is 23.3 Å². The average molecular weight is 414 g/mol. The molecule has 0 saturated heterocycles. The fraction of sp³-hybridized carbons (Fsp3) is 0.190. The van der Waals surface area contributed by atoms with E-state index in [-0.39, 0.29) is 5.75 Å². The lowest BCUT2D eigenvalue weighted by Crippen LogP contribution is -1.99. The zero-order chi connectivity index (χ0) is 18.5. The molecule has 0 unspecified atom stereocenters. The topological polar surface area (TPSA) is 51.6 Å². The first-order valence-electron chi connectivity index (χ1n) is 8.48. The van der Waals surface area contributed by atoms with Crippen LogP contribution in [0.4, 0.5) is 0 Å². The van der Waals surface area contributed by atoms with Gasteiger partial charge in [-0.1, -0.05) is 24.3 Å². The molecule has 0 aliphatic heterocycles. The van der Waals surface area contributed by atoms with E-state index >= 15 is 0 Å². The van der Waals surface area contributed by atoms with Crippen LogP contribution in [0.3, 0.4) is 0 Å². The van der Waals surface area contributed by atoms with E-state index in [9.17, 15) is 5.11 Å². The number of benzene rings is 2. The lowest BCUT2D eigenvalue weighted by molar-refractivity contribution is 0.286. The Bertz CT molecular complexity index is 953. The number of nitrogens with zero attached hydrogens (tertiary/aromatic N) is 1. The van der Waals surface area contributed by atoms with Crippen LogP contribution in [0.1, 0.15) is 25.1 Å². The Labute approximate surface area is 161 Å². The lowest BCUT2D eigenvalue weighted by atomic mass is 10.1. The second-order valence-electron chi connectivity index (χ2n) is 5.61. The van der Waals surface area contributed by atoms with E-state index in [1.54, 1.807) is 6.07 Å². The van der Waals surface area contributed by atoms with Crippen LogP contribution in [0.5, 0.6) is 17.2 Å². The molecule has 3 rings (SSSR count). The molecule has 26 heavy (non-hydrogen) atoms. The summed E-state index contributed by atoms with van der Waals surface area (Å²) >= 11 is 3.55. The Morgan fingerprint density at radius 1 is 1.04 bits per heavy atom. The van der Waals surface area contributed by atoms with Crippen molar-refractivity contribution in [2.45, 2.75) is 13.8 Å². The summed E-state index contributed by atoms with van der Waals surface area (Å²) in [5.74, 6) is 1.59. The summed E-state index contributed by atoms with van der Waals surface area (Å²) < 4.78 is 12.2. The molecular weight excluding hydrogens is 394 g/mol. The minimum atomic E-state index is 0.181. The van der Waals surface area contributed by atoms with Crippen molar-refractivity contribution in [3.05, 3.63) is 58.2 Å². The largest absolute Gasteiger partial charge is 0.506 e. The third-order valence-corrected chi connectivity index (χ3v) is 4.38. The first kappa shape index (κ1) is 18.3. The molecule has 3 aromatic rings.